The highest BCUT2D eigenvalue weighted by Gasteiger charge is 2.35. The minimum absolute atomic E-state index is 0.0248. The highest BCUT2D eigenvalue weighted by molar-refractivity contribution is 5.95. The first-order chi connectivity index (χ1) is 11.1. The number of likely N-dealkylation sites (tertiary alicyclic amines) is 1. The predicted octanol–water partition coefficient (Wildman–Crippen LogP) is 2.17. The molecule has 2 atom stereocenters. The van der Waals surface area contributed by atoms with Gasteiger partial charge in [-0.15, -0.1) is 0 Å². The molecule has 1 aliphatic heterocycles. The van der Waals surface area contributed by atoms with Crippen LogP contribution in [0.4, 0.5) is 0 Å². The Morgan fingerprint density at radius 1 is 1.26 bits per heavy atom. The molecule has 3 rings (SSSR count). The van der Waals surface area contributed by atoms with E-state index < -0.39 is 0 Å². The van der Waals surface area contributed by atoms with E-state index in [1.54, 1.807) is 6.20 Å². The molecule has 1 aromatic heterocycles. The monoisotopic (exact) mass is 310 g/mol. The zero-order valence-electron chi connectivity index (χ0n) is 13.5. The van der Waals surface area contributed by atoms with Gasteiger partial charge >= 0.3 is 0 Å². The van der Waals surface area contributed by atoms with Crippen molar-refractivity contribution < 1.29 is 4.79 Å². The number of benzene rings is 1. The Kier molecular flexibility index (Phi) is 4.39. The number of nitrogens with two attached hydrogens (primary N) is 1. The van der Waals surface area contributed by atoms with Crippen LogP contribution in [0.15, 0.2) is 42.9 Å². The summed E-state index contributed by atoms with van der Waals surface area (Å²) >= 11 is 0. The van der Waals surface area contributed by atoms with Crippen LogP contribution in [0.5, 0.6) is 0 Å². The highest BCUT2D eigenvalue weighted by Crippen LogP contribution is 2.28. The van der Waals surface area contributed by atoms with Crippen molar-refractivity contribution in [2.45, 2.75) is 31.7 Å². The first kappa shape index (κ1) is 15.6. The Hall–Kier alpha value is -2.27. The number of rotatable bonds is 3. The fraction of sp³-hybridized carbons (Fsp3) is 0.389. The van der Waals surface area contributed by atoms with Crippen molar-refractivity contribution in [2.24, 2.45) is 5.73 Å². The number of nitrogens with zero attached hydrogens (tertiary/aromatic N) is 3. The molecule has 0 radical (unpaired) electrons. The fourth-order valence-electron chi connectivity index (χ4n) is 3.18. The number of aromatic nitrogens is 2. The van der Waals surface area contributed by atoms with Crippen LogP contribution in [0.25, 0.3) is 0 Å². The molecule has 1 aliphatic rings. The van der Waals surface area contributed by atoms with Crippen LogP contribution >= 0.6 is 0 Å². The van der Waals surface area contributed by atoms with Crippen LogP contribution < -0.4 is 5.73 Å². The summed E-state index contributed by atoms with van der Waals surface area (Å²) < 4.78 is 0. The molecule has 23 heavy (non-hydrogen) atoms. The molecule has 0 saturated carbocycles. The first-order valence-electron chi connectivity index (χ1n) is 7.97. The minimum atomic E-state index is -0.0477. The summed E-state index contributed by atoms with van der Waals surface area (Å²) in [5.41, 5.74) is 8.85. The molecular weight excluding hydrogens is 288 g/mol. The maximum Gasteiger partial charge on any atom is 0.257 e. The minimum Gasteiger partial charge on any atom is -0.336 e. The lowest BCUT2D eigenvalue weighted by Gasteiger charge is -2.18. The molecule has 1 amide bonds. The Balaban J connectivity index is 1.83. The van der Waals surface area contributed by atoms with Gasteiger partial charge in [-0.25, -0.2) is 9.97 Å². The van der Waals surface area contributed by atoms with Crippen LogP contribution in [0.3, 0.4) is 0 Å². The van der Waals surface area contributed by atoms with Crippen molar-refractivity contribution in [3.63, 3.8) is 0 Å². The quantitative estimate of drug-likeness (QED) is 0.943. The molecule has 0 spiro atoms. The molecule has 1 saturated heterocycles. The van der Waals surface area contributed by atoms with Crippen LogP contribution in [0, 0.1) is 0 Å². The Labute approximate surface area is 136 Å². The third-order valence-corrected chi connectivity index (χ3v) is 4.40. The summed E-state index contributed by atoms with van der Waals surface area (Å²) in [6, 6.07) is 10.1. The molecule has 5 heteroatoms. The predicted molar refractivity (Wildman–Crippen MR) is 89.2 cm³/mol. The fourth-order valence-corrected chi connectivity index (χ4v) is 3.18. The molecule has 1 fully saturated rings. The first-order valence-corrected chi connectivity index (χ1v) is 7.97. The van der Waals surface area contributed by atoms with E-state index in [1.165, 1.54) is 11.9 Å². The molecular formula is C18H22N4O. The number of hydrogen-bond donors (Lipinski definition) is 1. The summed E-state index contributed by atoms with van der Waals surface area (Å²) in [6.45, 7) is 5.25. The maximum atomic E-state index is 12.9. The summed E-state index contributed by atoms with van der Waals surface area (Å²) in [4.78, 5) is 23.0. The third-order valence-electron chi connectivity index (χ3n) is 4.40. The lowest BCUT2D eigenvalue weighted by molar-refractivity contribution is 0.0786. The number of hydrogen-bond acceptors (Lipinski definition) is 4. The van der Waals surface area contributed by atoms with Crippen molar-refractivity contribution in [3.8, 4) is 0 Å². The van der Waals surface area contributed by atoms with Crippen molar-refractivity contribution in [1.82, 2.24) is 14.9 Å². The van der Waals surface area contributed by atoms with Crippen molar-refractivity contribution in [2.75, 3.05) is 13.1 Å². The maximum absolute atomic E-state index is 12.9. The molecule has 0 unspecified atom stereocenters. The van der Waals surface area contributed by atoms with E-state index in [4.69, 9.17) is 5.73 Å². The molecule has 0 aliphatic carbocycles. The van der Waals surface area contributed by atoms with Crippen LogP contribution in [0.2, 0.25) is 0 Å². The van der Waals surface area contributed by atoms with Crippen LogP contribution in [-0.2, 0) is 0 Å². The van der Waals surface area contributed by atoms with Gasteiger partial charge in [-0.2, -0.15) is 0 Å². The van der Waals surface area contributed by atoms with Gasteiger partial charge in [0.25, 0.3) is 5.91 Å². The van der Waals surface area contributed by atoms with Crippen LogP contribution in [-0.4, -0.2) is 39.9 Å². The summed E-state index contributed by atoms with van der Waals surface area (Å²) in [7, 11) is 0. The molecule has 0 bridgehead atoms. The zero-order chi connectivity index (χ0) is 16.4. The summed E-state index contributed by atoms with van der Waals surface area (Å²) in [5.74, 6) is 0.327. The second-order valence-corrected chi connectivity index (χ2v) is 6.37. The average Bonchev–Trinajstić information content (AvgIpc) is 2.97. The van der Waals surface area contributed by atoms with Gasteiger partial charge in [0, 0.05) is 31.2 Å². The van der Waals surface area contributed by atoms with E-state index in [-0.39, 0.29) is 23.8 Å². The van der Waals surface area contributed by atoms with Gasteiger partial charge in [0.15, 0.2) is 0 Å². The van der Waals surface area contributed by atoms with E-state index in [0.29, 0.717) is 18.7 Å². The second kappa shape index (κ2) is 6.46. The topological polar surface area (TPSA) is 72.1 Å². The van der Waals surface area contributed by atoms with Gasteiger partial charge < -0.3 is 10.6 Å². The van der Waals surface area contributed by atoms with Gasteiger partial charge in [-0.3, -0.25) is 4.79 Å². The van der Waals surface area contributed by atoms with E-state index in [0.717, 1.165) is 5.69 Å². The van der Waals surface area contributed by atoms with E-state index in [1.807, 2.05) is 36.9 Å². The van der Waals surface area contributed by atoms with Gasteiger partial charge in [0.2, 0.25) is 0 Å². The second-order valence-electron chi connectivity index (χ2n) is 6.37. The third kappa shape index (κ3) is 3.10. The number of carbonyl (C=O) groups excluding carboxylic acids is 1. The van der Waals surface area contributed by atoms with E-state index in [9.17, 15) is 4.79 Å². The average molecular weight is 310 g/mol. The van der Waals surface area contributed by atoms with Gasteiger partial charge in [-0.1, -0.05) is 44.2 Å². The molecule has 5 nitrogen and oxygen atoms in total. The number of carbonyl (C=O) groups is 1. The smallest absolute Gasteiger partial charge is 0.257 e. The van der Waals surface area contributed by atoms with Gasteiger partial charge in [-0.05, 0) is 11.5 Å². The van der Waals surface area contributed by atoms with Crippen molar-refractivity contribution >= 4 is 5.91 Å². The standard InChI is InChI=1S/C18H22N4O/c1-12(2)17-14(8-20-11-21-17)18(23)22-9-15(16(19)10-22)13-6-4-3-5-7-13/h3-8,11-12,15-16H,9-10,19H2,1-2H3/t15-,16+/m0/s1. The molecule has 1 aromatic carbocycles. The molecule has 2 heterocycles. The Morgan fingerprint density at radius 3 is 2.70 bits per heavy atom. The van der Waals surface area contributed by atoms with E-state index >= 15 is 0 Å². The normalized spacial score (nSPS) is 21.0. The van der Waals surface area contributed by atoms with Crippen molar-refractivity contribution in [3.05, 3.63) is 59.7 Å². The SMILES string of the molecule is CC(C)c1ncncc1C(=O)N1C[C@@H](N)[C@H](c2ccccc2)C1. The highest BCUT2D eigenvalue weighted by atomic mass is 16.2. The van der Waals surface area contributed by atoms with Gasteiger partial charge in [0.05, 0.1) is 11.3 Å². The summed E-state index contributed by atoms with van der Waals surface area (Å²) in [6.07, 6.45) is 3.11. The summed E-state index contributed by atoms with van der Waals surface area (Å²) in [5, 5.41) is 0. The lowest BCUT2D eigenvalue weighted by atomic mass is 9.95. The van der Waals surface area contributed by atoms with E-state index in [2.05, 4.69) is 22.1 Å². The zero-order valence-corrected chi connectivity index (χ0v) is 13.5. The van der Waals surface area contributed by atoms with Gasteiger partial charge in [0.1, 0.15) is 6.33 Å². The lowest BCUT2D eigenvalue weighted by Crippen LogP contribution is -2.33. The molecule has 120 valence electrons. The van der Waals surface area contributed by atoms with Crippen molar-refractivity contribution in [1.29, 1.82) is 0 Å². The number of amides is 1. The Morgan fingerprint density at radius 2 is 2.00 bits per heavy atom. The largest absolute Gasteiger partial charge is 0.336 e. The van der Waals surface area contributed by atoms with Crippen LogP contribution in [0.1, 0.15) is 47.3 Å². The molecule has 2 aromatic rings. The molecule has 2 N–H and O–H groups in total. The Bertz CT molecular complexity index is 686.